The van der Waals surface area contributed by atoms with Gasteiger partial charge in [0.2, 0.25) is 16.0 Å². The molecule has 0 bridgehead atoms. The second-order valence-corrected chi connectivity index (χ2v) is 7.17. The van der Waals surface area contributed by atoms with Crippen molar-refractivity contribution in [1.29, 1.82) is 0 Å². The second kappa shape index (κ2) is 5.27. The van der Waals surface area contributed by atoms with Crippen LogP contribution in [0.4, 0.5) is 5.95 Å². The molecule has 1 aromatic heterocycles. The summed E-state index contributed by atoms with van der Waals surface area (Å²) in [6.45, 7) is 5.29. The number of nitrogens with zero attached hydrogens (tertiary/aromatic N) is 4. The molecule has 0 atom stereocenters. The van der Waals surface area contributed by atoms with Crippen molar-refractivity contribution in [1.82, 2.24) is 14.3 Å². The highest BCUT2D eigenvalue weighted by Gasteiger charge is 2.30. The minimum absolute atomic E-state index is 0.116. The molecule has 0 unspecified atom stereocenters. The smallest absolute Gasteiger partial charge is 0.225 e. The molecule has 0 aromatic carbocycles. The van der Waals surface area contributed by atoms with E-state index >= 15 is 0 Å². The highest BCUT2D eigenvalue weighted by Crippen LogP contribution is 2.25. The SMILES string of the molecule is CCS(=O)(=O)N1Cc2cnc(N3CCOCC3)nc2C1. The summed E-state index contributed by atoms with van der Waals surface area (Å²) in [6.07, 6.45) is 1.75. The zero-order chi connectivity index (χ0) is 14.2. The van der Waals surface area contributed by atoms with Crippen LogP contribution >= 0.6 is 0 Å². The molecule has 1 saturated heterocycles. The third kappa shape index (κ3) is 2.50. The highest BCUT2D eigenvalue weighted by atomic mass is 32.2. The van der Waals surface area contributed by atoms with Gasteiger partial charge in [-0.1, -0.05) is 0 Å². The molecule has 8 heteroatoms. The average Bonchev–Trinajstić information content (AvgIpc) is 2.92. The van der Waals surface area contributed by atoms with Crippen LogP contribution < -0.4 is 4.90 Å². The summed E-state index contributed by atoms with van der Waals surface area (Å²) in [7, 11) is -3.17. The van der Waals surface area contributed by atoms with Gasteiger partial charge in [0.05, 0.1) is 31.2 Å². The molecule has 3 heterocycles. The van der Waals surface area contributed by atoms with E-state index in [9.17, 15) is 8.42 Å². The second-order valence-electron chi connectivity index (χ2n) is 4.91. The van der Waals surface area contributed by atoms with Crippen LogP contribution in [0.15, 0.2) is 6.20 Å². The Labute approximate surface area is 118 Å². The monoisotopic (exact) mass is 298 g/mol. The van der Waals surface area contributed by atoms with Gasteiger partial charge in [0, 0.05) is 31.4 Å². The number of morpholine rings is 1. The van der Waals surface area contributed by atoms with E-state index in [0.717, 1.165) is 24.3 Å². The molecular formula is C12H18N4O3S. The lowest BCUT2D eigenvalue weighted by molar-refractivity contribution is 0.122. The predicted molar refractivity (Wildman–Crippen MR) is 73.8 cm³/mol. The van der Waals surface area contributed by atoms with Gasteiger partial charge in [-0.2, -0.15) is 4.31 Å². The van der Waals surface area contributed by atoms with Crippen LogP contribution in [0.3, 0.4) is 0 Å². The van der Waals surface area contributed by atoms with Crippen molar-refractivity contribution >= 4 is 16.0 Å². The van der Waals surface area contributed by atoms with Crippen molar-refractivity contribution < 1.29 is 13.2 Å². The molecule has 110 valence electrons. The largest absolute Gasteiger partial charge is 0.378 e. The normalized spacial score (nSPS) is 20.1. The number of anilines is 1. The summed E-state index contributed by atoms with van der Waals surface area (Å²) in [5.74, 6) is 0.785. The molecule has 0 radical (unpaired) electrons. The first-order chi connectivity index (χ1) is 9.60. The Morgan fingerprint density at radius 3 is 2.75 bits per heavy atom. The lowest BCUT2D eigenvalue weighted by Gasteiger charge is -2.26. The average molecular weight is 298 g/mol. The van der Waals surface area contributed by atoms with Crippen molar-refractivity contribution in [3.05, 3.63) is 17.5 Å². The van der Waals surface area contributed by atoms with Crippen molar-refractivity contribution in [2.45, 2.75) is 20.0 Å². The van der Waals surface area contributed by atoms with Gasteiger partial charge >= 0.3 is 0 Å². The highest BCUT2D eigenvalue weighted by molar-refractivity contribution is 7.89. The lowest BCUT2D eigenvalue weighted by Crippen LogP contribution is -2.37. The Morgan fingerprint density at radius 2 is 2.05 bits per heavy atom. The molecule has 7 nitrogen and oxygen atoms in total. The van der Waals surface area contributed by atoms with Gasteiger partial charge in [-0.3, -0.25) is 0 Å². The molecular weight excluding hydrogens is 280 g/mol. The zero-order valence-electron chi connectivity index (χ0n) is 11.4. The fourth-order valence-electron chi connectivity index (χ4n) is 2.41. The molecule has 0 saturated carbocycles. The first-order valence-electron chi connectivity index (χ1n) is 6.75. The van der Waals surface area contributed by atoms with E-state index in [2.05, 4.69) is 14.9 Å². The van der Waals surface area contributed by atoms with Crippen molar-refractivity contribution in [2.75, 3.05) is 37.0 Å². The Morgan fingerprint density at radius 1 is 1.30 bits per heavy atom. The van der Waals surface area contributed by atoms with E-state index in [0.29, 0.717) is 32.3 Å². The van der Waals surface area contributed by atoms with Crippen LogP contribution in [0.5, 0.6) is 0 Å². The summed E-state index contributed by atoms with van der Waals surface area (Å²) < 4.78 is 30.6. The summed E-state index contributed by atoms with van der Waals surface area (Å²) in [5.41, 5.74) is 1.72. The first kappa shape index (κ1) is 13.7. The molecule has 2 aliphatic heterocycles. The van der Waals surface area contributed by atoms with E-state index < -0.39 is 10.0 Å². The Hall–Kier alpha value is -1.25. The summed E-state index contributed by atoms with van der Waals surface area (Å²) in [6, 6.07) is 0. The van der Waals surface area contributed by atoms with Crippen LogP contribution in [0.25, 0.3) is 0 Å². The topological polar surface area (TPSA) is 75.6 Å². The Kier molecular flexibility index (Phi) is 3.61. The van der Waals surface area contributed by atoms with Crippen LogP contribution in [0.1, 0.15) is 18.2 Å². The molecule has 2 aliphatic rings. The lowest BCUT2D eigenvalue weighted by atomic mass is 10.3. The first-order valence-corrected chi connectivity index (χ1v) is 8.36. The van der Waals surface area contributed by atoms with Crippen LogP contribution in [0.2, 0.25) is 0 Å². The van der Waals surface area contributed by atoms with Gasteiger partial charge in [0.25, 0.3) is 0 Å². The molecule has 0 spiro atoms. The predicted octanol–water partition coefficient (Wildman–Crippen LogP) is -0.0215. The van der Waals surface area contributed by atoms with E-state index in [1.807, 2.05) is 0 Å². The van der Waals surface area contributed by atoms with Crippen molar-refractivity contribution in [2.24, 2.45) is 0 Å². The van der Waals surface area contributed by atoms with Gasteiger partial charge in [-0.25, -0.2) is 18.4 Å². The van der Waals surface area contributed by atoms with Crippen LogP contribution in [-0.2, 0) is 27.8 Å². The Bertz CT molecular complexity index is 599. The maximum atomic E-state index is 11.9. The maximum Gasteiger partial charge on any atom is 0.225 e. The Balaban J connectivity index is 1.81. The fourth-order valence-corrected chi connectivity index (χ4v) is 3.43. The van der Waals surface area contributed by atoms with Crippen LogP contribution in [-0.4, -0.2) is 54.7 Å². The van der Waals surface area contributed by atoms with E-state index in [4.69, 9.17) is 4.74 Å². The number of aromatic nitrogens is 2. The standard InChI is InChI=1S/C12H18N4O3S/c1-2-20(17,18)16-8-10-7-13-12(14-11(10)9-16)15-3-5-19-6-4-15/h7H,2-6,8-9H2,1H3. The third-order valence-electron chi connectivity index (χ3n) is 3.67. The van der Waals surface area contributed by atoms with Gasteiger partial charge in [0.15, 0.2) is 0 Å². The molecule has 0 N–H and O–H groups in total. The van der Waals surface area contributed by atoms with E-state index in [-0.39, 0.29) is 5.75 Å². The van der Waals surface area contributed by atoms with Gasteiger partial charge in [0.1, 0.15) is 0 Å². The van der Waals surface area contributed by atoms with E-state index in [1.54, 1.807) is 13.1 Å². The number of ether oxygens (including phenoxy) is 1. The maximum absolute atomic E-state index is 11.9. The molecule has 0 aliphatic carbocycles. The van der Waals surface area contributed by atoms with Crippen molar-refractivity contribution in [3.8, 4) is 0 Å². The molecule has 0 amide bonds. The summed E-state index contributed by atoms with van der Waals surface area (Å²) in [4.78, 5) is 11.0. The molecule has 20 heavy (non-hydrogen) atoms. The number of rotatable bonds is 3. The molecule has 3 rings (SSSR count). The zero-order valence-corrected chi connectivity index (χ0v) is 12.3. The number of fused-ring (bicyclic) bond motifs is 1. The van der Waals surface area contributed by atoms with Gasteiger partial charge in [-0.15, -0.1) is 0 Å². The van der Waals surface area contributed by atoms with Gasteiger partial charge < -0.3 is 9.64 Å². The third-order valence-corrected chi connectivity index (χ3v) is 5.44. The quantitative estimate of drug-likeness (QED) is 0.780. The van der Waals surface area contributed by atoms with Crippen molar-refractivity contribution in [3.63, 3.8) is 0 Å². The minimum Gasteiger partial charge on any atom is -0.378 e. The minimum atomic E-state index is -3.17. The summed E-state index contributed by atoms with van der Waals surface area (Å²) in [5, 5.41) is 0. The number of hydrogen-bond acceptors (Lipinski definition) is 6. The fraction of sp³-hybridized carbons (Fsp3) is 0.667. The molecule has 1 fully saturated rings. The molecule has 1 aromatic rings. The number of sulfonamides is 1. The number of hydrogen-bond donors (Lipinski definition) is 0. The van der Waals surface area contributed by atoms with Gasteiger partial charge in [-0.05, 0) is 6.92 Å². The summed E-state index contributed by atoms with van der Waals surface area (Å²) >= 11 is 0. The van der Waals surface area contributed by atoms with E-state index in [1.165, 1.54) is 4.31 Å². The van der Waals surface area contributed by atoms with Crippen LogP contribution in [0, 0.1) is 0 Å².